The minimum atomic E-state index is -1.04. The number of amides is 1. The van der Waals surface area contributed by atoms with Crippen LogP contribution in [0.3, 0.4) is 0 Å². The minimum Gasteiger partial charge on any atom is -0.483 e. The Balaban J connectivity index is 2.00. The largest absolute Gasteiger partial charge is 0.483 e. The van der Waals surface area contributed by atoms with Gasteiger partial charge < -0.3 is 15.2 Å². The molecule has 5 nitrogen and oxygen atoms in total. The lowest BCUT2D eigenvalue weighted by Crippen LogP contribution is -2.20. The molecule has 0 heterocycles. The standard InChI is InChI=1S/C19H21NO4/c1-12(2)14-8-7-13(3)17(10-14)24-11-18(21)20-16-6-4-5-15(9-16)19(22)23/h4-10,12H,11H2,1-3H3,(H,20,21)(H,22,23). The number of carbonyl (C=O) groups excluding carboxylic acids is 1. The van der Waals surface area contributed by atoms with Gasteiger partial charge in [0, 0.05) is 5.69 Å². The number of benzene rings is 2. The summed E-state index contributed by atoms with van der Waals surface area (Å²) in [5.74, 6) is -0.327. The van der Waals surface area contributed by atoms with Gasteiger partial charge in [0.05, 0.1) is 5.56 Å². The topological polar surface area (TPSA) is 75.6 Å². The normalized spacial score (nSPS) is 10.5. The summed E-state index contributed by atoms with van der Waals surface area (Å²) in [5.41, 5.74) is 2.65. The third-order valence-electron chi connectivity index (χ3n) is 3.63. The van der Waals surface area contributed by atoms with Crippen molar-refractivity contribution in [2.75, 3.05) is 11.9 Å². The smallest absolute Gasteiger partial charge is 0.335 e. The van der Waals surface area contributed by atoms with Crippen molar-refractivity contribution in [1.82, 2.24) is 0 Å². The number of anilines is 1. The maximum Gasteiger partial charge on any atom is 0.335 e. The first-order valence-electron chi connectivity index (χ1n) is 7.73. The summed E-state index contributed by atoms with van der Waals surface area (Å²) in [5, 5.41) is 11.6. The van der Waals surface area contributed by atoms with Crippen molar-refractivity contribution in [3.63, 3.8) is 0 Å². The van der Waals surface area contributed by atoms with Gasteiger partial charge in [0.2, 0.25) is 0 Å². The molecule has 2 aromatic carbocycles. The summed E-state index contributed by atoms with van der Waals surface area (Å²) < 4.78 is 5.61. The van der Waals surface area contributed by atoms with Gasteiger partial charge in [0.1, 0.15) is 5.75 Å². The first kappa shape index (κ1) is 17.5. The van der Waals surface area contributed by atoms with Crippen LogP contribution in [0.4, 0.5) is 5.69 Å². The molecular weight excluding hydrogens is 306 g/mol. The second kappa shape index (κ2) is 7.64. The van der Waals surface area contributed by atoms with Crippen LogP contribution >= 0.6 is 0 Å². The number of aryl methyl sites for hydroxylation is 1. The highest BCUT2D eigenvalue weighted by molar-refractivity contribution is 5.94. The number of hydrogen-bond acceptors (Lipinski definition) is 3. The van der Waals surface area contributed by atoms with Gasteiger partial charge in [-0.15, -0.1) is 0 Å². The molecule has 24 heavy (non-hydrogen) atoms. The predicted molar refractivity (Wildman–Crippen MR) is 92.8 cm³/mol. The first-order valence-corrected chi connectivity index (χ1v) is 7.73. The van der Waals surface area contributed by atoms with Gasteiger partial charge in [-0.1, -0.05) is 32.0 Å². The monoisotopic (exact) mass is 327 g/mol. The Hall–Kier alpha value is -2.82. The highest BCUT2D eigenvalue weighted by Gasteiger charge is 2.09. The quantitative estimate of drug-likeness (QED) is 0.845. The van der Waals surface area contributed by atoms with Crippen LogP contribution in [-0.4, -0.2) is 23.6 Å². The number of aromatic carboxylic acids is 1. The van der Waals surface area contributed by atoms with Crippen molar-refractivity contribution < 1.29 is 19.4 Å². The van der Waals surface area contributed by atoms with E-state index >= 15 is 0 Å². The lowest BCUT2D eigenvalue weighted by Gasteiger charge is -2.13. The number of ether oxygens (including phenoxy) is 1. The number of nitrogens with one attached hydrogen (secondary N) is 1. The summed E-state index contributed by atoms with van der Waals surface area (Å²) in [6.07, 6.45) is 0. The highest BCUT2D eigenvalue weighted by Crippen LogP contribution is 2.24. The molecule has 0 saturated heterocycles. The zero-order chi connectivity index (χ0) is 17.7. The molecule has 2 rings (SSSR count). The van der Waals surface area contributed by atoms with Crippen molar-refractivity contribution in [1.29, 1.82) is 0 Å². The van der Waals surface area contributed by atoms with Crippen molar-refractivity contribution >= 4 is 17.6 Å². The van der Waals surface area contributed by atoms with E-state index in [0.717, 1.165) is 11.1 Å². The zero-order valence-corrected chi connectivity index (χ0v) is 14.0. The molecule has 0 spiro atoms. The number of rotatable bonds is 6. The van der Waals surface area contributed by atoms with Gasteiger partial charge in [-0.25, -0.2) is 4.79 Å². The van der Waals surface area contributed by atoms with Gasteiger partial charge in [-0.3, -0.25) is 4.79 Å². The number of carbonyl (C=O) groups is 2. The van der Waals surface area contributed by atoms with Gasteiger partial charge in [-0.05, 0) is 48.2 Å². The van der Waals surface area contributed by atoms with E-state index in [0.29, 0.717) is 17.4 Å². The number of carboxylic acid groups (broad SMARTS) is 1. The van der Waals surface area contributed by atoms with Crippen LogP contribution in [-0.2, 0) is 4.79 Å². The van der Waals surface area contributed by atoms with Crippen LogP contribution in [0.25, 0.3) is 0 Å². The molecule has 0 saturated carbocycles. The Morgan fingerprint density at radius 3 is 2.58 bits per heavy atom. The molecule has 0 atom stereocenters. The van der Waals surface area contributed by atoms with Crippen LogP contribution in [0.15, 0.2) is 42.5 Å². The SMILES string of the molecule is Cc1ccc(C(C)C)cc1OCC(=O)Nc1cccc(C(=O)O)c1. The maximum absolute atomic E-state index is 12.0. The van der Waals surface area contributed by atoms with E-state index in [1.54, 1.807) is 12.1 Å². The molecular formula is C19H21NO4. The molecule has 0 radical (unpaired) electrons. The fraction of sp³-hybridized carbons (Fsp3) is 0.263. The van der Waals surface area contributed by atoms with Crippen LogP contribution < -0.4 is 10.1 Å². The van der Waals surface area contributed by atoms with Gasteiger partial charge in [-0.2, -0.15) is 0 Å². The van der Waals surface area contributed by atoms with E-state index in [1.165, 1.54) is 12.1 Å². The van der Waals surface area contributed by atoms with Crippen LogP contribution in [0.5, 0.6) is 5.75 Å². The summed E-state index contributed by atoms with van der Waals surface area (Å²) >= 11 is 0. The average molecular weight is 327 g/mol. The number of carboxylic acids is 1. The summed E-state index contributed by atoms with van der Waals surface area (Å²) in [7, 11) is 0. The molecule has 0 aliphatic heterocycles. The summed E-state index contributed by atoms with van der Waals surface area (Å²) in [6, 6.07) is 12.0. The third-order valence-corrected chi connectivity index (χ3v) is 3.63. The highest BCUT2D eigenvalue weighted by atomic mass is 16.5. The molecule has 126 valence electrons. The Morgan fingerprint density at radius 1 is 1.17 bits per heavy atom. The van der Waals surface area contributed by atoms with Gasteiger partial charge >= 0.3 is 5.97 Å². The fourth-order valence-electron chi connectivity index (χ4n) is 2.20. The number of hydrogen-bond donors (Lipinski definition) is 2. The molecule has 0 aliphatic carbocycles. The first-order chi connectivity index (χ1) is 11.4. The molecule has 1 amide bonds. The van der Waals surface area contributed by atoms with Gasteiger partial charge in [0.25, 0.3) is 5.91 Å². The lowest BCUT2D eigenvalue weighted by molar-refractivity contribution is -0.118. The van der Waals surface area contributed by atoms with E-state index in [2.05, 4.69) is 19.2 Å². The van der Waals surface area contributed by atoms with Gasteiger partial charge in [0.15, 0.2) is 6.61 Å². The van der Waals surface area contributed by atoms with E-state index in [4.69, 9.17) is 9.84 Å². The Kier molecular flexibility index (Phi) is 5.58. The lowest BCUT2D eigenvalue weighted by atomic mass is 10.0. The molecule has 5 heteroatoms. The van der Waals surface area contributed by atoms with Crippen molar-refractivity contribution in [3.8, 4) is 5.75 Å². The van der Waals surface area contributed by atoms with Crippen LogP contribution in [0.1, 0.15) is 41.3 Å². The van der Waals surface area contributed by atoms with E-state index in [-0.39, 0.29) is 18.1 Å². The van der Waals surface area contributed by atoms with Crippen LogP contribution in [0.2, 0.25) is 0 Å². The predicted octanol–water partition coefficient (Wildman–Crippen LogP) is 3.83. The van der Waals surface area contributed by atoms with E-state index in [9.17, 15) is 9.59 Å². The van der Waals surface area contributed by atoms with Crippen LogP contribution in [0, 0.1) is 6.92 Å². The fourth-order valence-corrected chi connectivity index (χ4v) is 2.20. The zero-order valence-electron chi connectivity index (χ0n) is 14.0. The van der Waals surface area contributed by atoms with Crippen molar-refractivity contribution in [2.24, 2.45) is 0 Å². The van der Waals surface area contributed by atoms with E-state index in [1.807, 2.05) is 25.1 Å². The molecule has 2 aromatic rings. The van der Waals surface area contributed by atoms with Crippen molar-refractivity contribution in [3.05, 3.63) is 59.2 Å². The second-order valence-corrected chi connectivity index (χ2v) is 5.90. The molecule has 0 aliphatic rings. The third kappa shape index (κ3) is 4.59. The second-order valence-electron chi connectivity index (χ2n) is 5.90. The molecule has 0 fully saturated rings. The Morgan fingerprint density at radius 2 is 1.92 bits per heavy atom. The summed E-state index contributed by atoms with van der Waals surface area (Å²) in [6.45, 7) is 5.97. The summed E-state index contributed by atoms with van der Waals surface area (Å²) in [4.78, 5) is 23.0. The maximum atomic E-state index is 12.0. The van der Waals surface area contributed by atoms with Crippen molar-refractivity contribution in [2.45, 2.75) is 26.7 Å². The molecule has 0 unspecified atom stereocenters. The Labute approximate surface area is 141 Å². The molecule has 0 aromatic heterocycles. The molecule has 2 N–H and O–H groups in total. The molecule has 0 bridgehead atoms. The minimum absolute atomic E-state index is 0.120. The Bertz CT molecular complexity index is 753. The van der Waals surface area contributed by atoms with E-state index < -0.39 is 5.97 Å². The average Bonchev–Trinajstić information content (AvgIpc) is 2.54.